The summed E-state index contributed by atoms with van der Waals surface area (Å²) in [6.07, 6.45) is 2.78. The molecular formula is C18H25NO4S. The lowest BCUT2D eigenvalue weighted by Crippen LogP contribution is -2.56. The predicted molar refractivity (Wildman–Crippen MR) is 93.5 cm³/mol. The van der Waals surface area contributed by atoms with Crippen molar-refractivity contribution in [2.24, 2.45) is 0 Å². The summed E-state index contributed by atoms with van der Waals surface area (Å²) in [6, 6.07) is 7.75. The summed E-state index contributed by atoms with van der Waals surface area (Å²) in [6.45, 7) is 2.04. The second-order valence-corrected chi connectivity index (χ2v) is 7.47. The van der Waals surface area contributed by atoms with E-state index in [-0.39, 0.29) is 5.91 Å². The van der Waals surface area contributed by atoms with Gasteiger partial charge in [-0.3, -0.25) is 4.79 Å². The van der Waals surface area contributed by atoms with Crippen molar-refractivity contribution >= 4 is 17.7 Å². The van der Waals surface area contributed by atoms with Crippen molar-refractivity contribution in [2.45, 2.75) is 42.3 Å². The van der Waals surface area contributed by atoms with E-state index in [1.54, 1.807) is 7.11 Å². The third kappa shape index (κ3) is 3.87. The molecule has 0 saturated carbocycles. The molecule has 2 saturated heterocycles. The summed E-state index contributed by atoms with van der Waals surface area (Å²) in [5.74, 6) is 1.36. The predicted octanol–water partition coefficient (Wildman–Crippen LogP) is 2.32. The lowest BCUT2D eigenvalue weighted by atomic mass is 9.82. The molecule has 1 atom stereocenters. The minimum absolute atomic E-state index is 0.142. The summed E-state index contributed by atoms with van der Waals surface area (Å²) >= 11 is 1.53. The highest BCUT2D eigenvalue weighted by Gasteiger charge is 2.44. The SMILES string of the molecule is COc1cccc(SCC(=O)N2CCC3(CC2)OCCC[C@@H]3O)c1. The van der Waals surface area contributed by atoms with E-state index in [0.29, 0.717) is 18.8 Å². The first-order valence-corrected chi connectivity index (χ1v) is 9.48. The maximum Gasteiger partial charge on any atom is 0.232 e. The number of thioether (sulfide) groups is 1. The number of hydrogen-bond donors (Lipinski definition) is 1. The number of hydrogen-bond acceptors (Lipinski definition) is 5. The number of benzene rings is 1. The highest BCUT2D eigenvalue weighted by Crippen LogP contribution is 2.35. The molecule has 1 spiro atoms. The minimum atomic E-state index is -0.422. The van der Waals surface area contributed by atoms with Crippen LogP contribution in [-0.4, -0.2) is 60.2 Å². The number of rotatable bonds is 4. The summed E-state index contributed by atoms with van der Waals surface area (Å²) in [5.41, 5.74) is -0.422. The second kappa shape index (κ2) is 7.76. The quantitative estimate of drug-likeness (QED) is 0.844. The first-order valence-electron chi connectivity index (χ1n) is 8.50. The molecule has 2 aliphatic rings. The van der Waals surface area contributed by atoms with E-state index in [1.807, 2.05) is 29.2 Å². The van der Waals surface area contributed by atoms with Crippen LogP contribution < -0.4 is 4.74 Å². The van der Waals surface area contributed by atoms with E-state index in [0.717, 1.165) is 42.9 Å². The third-order valence-corrected chi connectivity index (χ3v) is 5.96. The van der Waals surface area contributed by atoms with Crippen LogP contribution in [0.4, 0.5) is 0 Å². The fourth-order valence-corrected chi connectivity index (χ4v) is 4.30. The zero-order chi connectivity index (χ0) is 17.0. The number of amides is 1. The van der Waals surface area contributed by atoms with Crippen LogP contribution in [0.1, 0.15) is 25.7 Å². The minimum Gasteiger partial charge on any atom is -0.497 e. The Labute approximate surface area is 147 Å². The molecule has 2 heterocycles. The monoisotopic (exact) mass is 351 g/mol. The number of carbonyl (C=O) groups excluding carboxylic acids is 1. The van der Waals surface area contributed by atoms with Crippen LogP contribution in [0.5, 0.6) is 5.75 Å². The molecule has 0 radical (unpaired) electrons. The number of ether oxygens (including phenoxy) is 2. The van der Waals surface area contributed by atoms with Gasteiger partial charge in [-0.25, -0.2) is 0 Å². The number of methoxy groups -OCH3 is 1. The molecule has 1 N–H and O–H groups in total. The molecule has 132 valence electrons. The van der Waals surface area contributed by atoms with Crippen LogP contribution in [0.25, 0.3) is 0 Å². The van der Waals surface area contributed by atoms with Crippen LogP contribution >= 0.6 is 11.8 Å². The summed E-state index contributed by atoms with van der Waals surface area (Å²) in [7, 11) is 1.64. The van der Waals surface area contributed by atoms with Crippen molar-refractivity contribution in [2.75, 3.05) is 32.6 Å². The van der Waals surface area contributed by atoms with Crippen LogP contribution in [0, 0.1) is 0 Å². The molecular weight excluding hydrogens is 326 g/mol. The Morgan fingerprint density at radius 3 is 2.96 bits per heavy atom. The van der Waals surface area contributed by atoms with Crippen molar-refractivity contribution in [3.05, 3.63) is 24.3 Å². The van der Waals surface area contributed by atoms with Crippen LogP contribution in [0.3, 0.4) is 0 Å². The van der Waals surface area contributed by atoms with Crippen molar-refractivity contribution in [1.29, 1.82) is 0 Å². The van der Waals surface area contributed by atoms with Gasteiger partial charge in [0.1, 0.15) is 5.75 Å². The molecule has 0 bridgehead atoms. The summed E-state index contributed by atoms with van der Waals surface area (Å²) in [5, 5.41) is 10.3. The highest BCUT2D eigenvalue weighted by atomic mass is 32.2. The molecule has 6 heteroatoms. The van der Waals surface area contributed by atoms with Crippen molar-refractivity contribution in [1.82, 2.24) is 4.90 Å². The summed E-state index contributed by atoms with van der Waals surface area (Å²) < 4.78 is 11.1. The maximum absolute atomic E-state index is 12.4. The first kappa shape index (κ1) is 17.6. The van der Waals surface area contributed by atoms with Gasteiger partial charge >= 0.3 is 0 Å². The van der Waals surface area contributed by atoms with Crippen molar-refractivity contribution in [3.63, 3.8) is 0 Å². The van der Waals surface area contributed by atoms with Crippen LogP contribution in [-0.2, 0) is 9.53 Å². The number of nitrogens with zero attached hydrogens (tertiary/aromatic N) is 1. The number of aliphatic hydroxyl groups excluding tert-OH is 1. The first-order chi connectivity index (χ1) is 11.6. The molecule has 0 unspecified atom stereocenters. The van der Waals surface area contributed by atoms with Gasteiger partial charge in [-0.1, -0.05) is 6.07 Å². The van der Waals surface area contributed by atoms with Crippen LogP contribution in [0.2, 0.25) is 0 Å². The Balaban J connectivity index is 1.50. The molecule has 0 aliphatic carbocycles. The Morgan fingerprint density at radius 1 is 1.46 bits per heavy atom. The Morgan fingerprint density at radius 2 is 2.25 bits per heavy atom. The van der Waals surface area contributed by atoms with Gasteiger partial charge in [-0.15, -0.1) is 11.8 Å². The van der Waals surface area contributed by atoms with Gasteiger partial charge in [0.15, 0.2) is 0 Å². The van der Waals surface area contributed by atoms with Crippen molar-refractivity contribution < 1.29 is 19.4 Å². The van der Waals surface area contributed by atoms with Gasteiger partial charge in [0.2, 0.25) is 5.91 Å². The third-order valence-electron chi connectivity index (χ3n) is 4.98. The largest absolute Gasteiger partial charge is 0.497 e. The molecule has 5 nitrogen and oxygen atoms in total. The van der Waals surface area contributed by atoms with Gasteiger partial charge in [-0.2, -0.15) is 0 Å². The summed E-state index contributed by atoms with van der Waals surface area (Å²) in [4.78, 5) is 15.4. The molecule has 2 aliphatic heterocycles. The second-order valence-electron chi connectivity index (χ2n) is 6.42. The topological polar surface area (TPSA) is 59.0 Å². The van der Waals surface area contributed by atoms with E-state index in [9.17, 15) is 9.90 Å². The van der Waals surface area contributed by atoms with Gasteiger partial charge in [-0.05, 0) is 43.9 Å². The number of piperidine rings is 1. The molecule has 1 aromatic rings. The molecule has 3 rings (SSSR count). The smallest absolute Gasteiger partial charge is 0.232 e. The van der Waals surface area contributed by atoms with E-state index in [1.165, 1.54) is 11.8 Å². The number of likely N-dealkylation sites (tertiary alicyclic amines) is 1. The van der Waals surface area contributed by atoms with Gasteiger partial charge in [0.25, 0.3) is 0 Å². The van der Waals surface area contributed by atoms with Gasteiger partial charge in [0.05, 0.1) is 24.6 Å². The zero-order valence-electron chi connectivity index (χ0n) is 14.1. The van der Waals surface area contributed by atoms with E-state index < -0.39 is 11.7 Å². The number of aliphatic hydroxyl groups is 1. The molecule has 0 aromatic heterocycles. The fourth-order valence-electron chi connectivity index (χ4n) is 3.45. The van der Waals surface area contributed by atoms with E-state index >= 15 is 0 Å². The highest BCUT2D eigenvalue weighted by molar-refractivity contribution is 8.00. The van der Waals surface area contributed by atoms with E-state index in [4.69, 9.17) is 9.47 Å². The average molecular weight is 351 g/mol. The normalized spacial score (nSPS) is 23.2. The lowest BCUT2D eigenvalue weighted by molar-refractivity contribution is -0.179. The van der Waals surface area contributed by atoms with Gasteiger partial charge < -0.3 is 19.5 Å². The van der Waals surface area contributed by atoms with Crippen molar-refractivity contribution in [3.8, 4) is 5.75 Å². The zero-order valence-corrected chi connectivity index (χ0v) is 14.9. The molecule has 24 heavy (non-hydrogen) atoms. The van der Waals surface area contributed by atoms with Gasteiger partial charge in [0, 0.05) is 24.6 Å². The Bertz CT molecular complexity index is 572. The molecule has 1 aromatic carbocycles. The lowest BCUT2D eigenvalue weighted by Gasteiger charge is -2.46. The Hall–Kier alpha value is -1.24. The average Bonchev–Trinajstić information content (AvgIpc) is 2.63. The molecule has 1 amide bonds. The standard InChI is InChI=1S/C18H25NO4S/c1-22-14-4-2-5-15(12-14)24-13-17(21)19-9-7-18(8-10-19)16(20)6-3-11-23-18/h2,4-5,12,16,20H,3,6-11,13H2,1H3/t16-/m0/s1. The maximum atomic E-state index is 12.4. The number of carbonyl (C=O) groups is 1. The fraction of sp³-hybridized carbons (Fsp3) is 0.611. The van der Waals surface area contributed by atoms with E-state index in [2.05, 4.69) is 0 Å². The molecule has 2 fully saturated rings. The Kier molecular flexibility index (Phi) is 5.69. The van der Waals surface area contributed by atoms with Crippen LogP contribution in [0.15, 0.2) is 29.2 Å².